The molecule has 174 valence electrons. The molecule has 6 nitrogen and oxygen atoms in total. The number of nitrogens with one attached hydrogen (secondary N) is 2. The van der Waals surface area contributed by atoms with Gasteiger partial charge in [0, 0.05) is 49.5 Å². The van der Waals surface area contributed by atoms with E-state index in [9.17, 15) is 4.79 Å². The molecule has 4 aromatic rings. The van der Waals surface area contributed by atoms with E-state index in [1.165, 1.54) is 15.6 Å². The Morgan fingerprint density at radius 2 is 1.65 bits per heavy atom. The fourth-order valence-electron chi connectivity index (χ4n) is 4.32. The third kappa shape index (κ3) is 5.21. The molecule has 2 heterocycles. The number of hydrogen-bond donors (Lipinski definition) is 2. The summed E-state index contributed by atoms with van der Waals surface area (Å²) in [4.78, 5) is 17.2. The number of urea groups is 1. The van der Waals surface area contributed by atoms with Crippen LogP contribution >= 0.6 is 11.5 Å². The Kier molecular flexibility index (Phi) is 6.74. The van der Waals surface area contributed by atoms with Crippen molar-refractivity contribution < 1.29 is 4.79 Å². The Balaban J connectivity index is 1.08. The van der Waals surface area contributed by atoms with E-state index in [4.69, 9.17) is 4.37 Å². The molecular weight excluding hydrogens is 442 g/mol. The van der Waals surface area contributed by atoms with Gasteiger partial charge in [-0.05, 0) is 66.3 Å². The van der Waals surface area contributed by atoms with Gasteiger partial charge in [0.15, 0.2) is 0 Å². The molecule has 1 aliphatic heterocycles. The number of anilines is 3. The predicted octanol–water partition coefficient (Wildman–Crippen LogP) is 5.61. The standard InChI is InChI=1S/C27H29N5OS/c1-20-6-2-4-8-24(20)29-27(33)28-22-12-10-21(11-13-22)14-15-31-16-18-32(19-17-31)26-23-7-3-5-9-25(23)34-30-26/h2-13H,14-19H2,1H3,(H2,28,29,33). The summed E-state index contributed by atoms with van der Waals surface area (Å²) in [6.07, 6.45) is 0.995. The first-order valence-corrected chi connectivity index (χ1v) is 12.5. The molecule has 2 N–H and O–H groups in total. The van der Waals surface area contributed by atoms with Crippen LogP contribution in [-0.2, 0) is 6.42 Å². The Hall–Kier alpha value is -3.42. The highest BCUT2D eigenvalue weighted by atomic mass is 32.1. The fourth-order valence-corrected chi connectivity index (χ4v) is 5.12. The number of rotatable bonds is 6. The van der Waals surface area contributed by atoms with Crippen molar-refractivity contribution in [1.29, 1.82) is 0 Å². The first-order chi connectivity index (χ1) is 16.7. The zero-order valence-corrected chi connectivity index (χ0v) is 20.1. The van der Waals surface area contributed by atoms with Crippen LogP contribution in [0.1, 0.15) is 11.1 Å². The van der Waals surface area contributed by atoms with Crippen LogP contribution in [0.5, 0.6) is 0 Å². The molecule has 0 spiro atoms. The maximum Gasteiger partial charge on any atom is 0.323 e. The van der Waals surface area contributed by atoms with E-state index >= 15 is 0 Å². The molecule has 0 atom stereocenters. The van der Waals surface area contributed by atoms with Crippen LogP contribution in [0.2, 0.25) is 0 Å². The lowest BCUT2D eigenvalue weighted by Gasteiger charge is -2.35. The van der Waals surface area contributed by atoms with Gasteiger partial charge >= 0.3 is 6.03 Å². The van der Waals surface area contributed by atoms with E-state index in [-0.39, 0.29) is 6.03 Å². The number of nitrogens with zero attached hydrogens (tertiary/aromatic N) is 3. The molecule has 0 unspecified atom stereocenters. The fraction of sp³-hybridized carbons (Fsp3) is 0.259. The summed E-state index contributed by atoms with van der Waals surface area (Å²) in [5.41, 5.74) is 3.92. The molecule has 1 aliphatic rings. The Bertz CT molecular complexity index is 1260. The quantitative estimate of drug-likeness (QED) is 0.384. The van der Waals surface area contributed by atoms with Crippen LogP contribution in [0.15, 0.2) is 72.8 Å². The number of carbonyl (C=O) groups is 1. The number of carbonyl (C=O) groups excluding carboxylic acids is 1. The molecule has 0 radical (unpaired) electrons. The van der Waals surface area contributed by atoms with Crippen LogP contribution < -0.4 is 15.5 Å². The van der Waals surface area contributed by atoms with Crippen molar-refractivity contribution in [3.8, 4) is 0 Å². The molecule has 1 fully saturated rings. The third-order valence-corrected chi connectivity index (χ3v) is 7.17. The number of piperazine rings is 1. The Morgan fingerprint density at radius 1 is 0.912 bits per heavy atom. The average molecular weight is 472 g/mol. The van der Waals surface area contributed by atoms with Gasteiger partial charge in [0.2, 0.25) is 0 Å². The Labute approximate surface area is 204 Å². The summed E-state index contributed by atoms with van der Waals surface area (Å²) in [7, 11) is 0. The van der Waals surface area contributed by atoms with Crippen molar-refractivity contribution in [2.75, 3.05) is 48.3 Å². The van der Waals surface area contributed by atoms with Gasteiger partial charge in [-0.3, -0.25) is 4.90 Å². The largest absolute Gasteiger partial charge is 0.353 e. The molecule has 0 bridgehead atoms. The van der Waals surface area contributed by atoms with Crippen LogP contribution in [0.4, 0.5) is 22.0 Å². The summed E-state index contributed by atoms with van der Waals surface area (Å²) < 4.78 is 5.96. The highest BCUT2D eigenvalue weighted by molar-refractivity contribution is 7.13. The first-order valence-electron chi connectivity index (χ1n) is 11.7. The van der Waals surface area contributed by atoms with Gasteiger partial charge in [-0.2, -0.15) is 4.37 Å². The lowest BCUT2D eigenvalue weighted by atomic mass is 10.1. The van der Waals surface area contributed by atoms with E-state index in [2.05, 4.69) is 56.8 Å². The highest BCUT2D eigenvalue weighted by Crippen LogP contribution is 2.29. The van der Waals surface area contributed by atoms with Crippen molar-refractivity contribution in [3.05, 3.63) is 83.9 Å². The van der Waals surface area contributed by atoms with Crippen molar-refractivity contribution in [3.63, 3.8) is 0 Å². The molecule has 1 aromatic heterocycles. The molecule has 3 aromatic carbocycles. The molecule has 0 saturated carbocycles. The number of amides is 2. The molecule has 5 rings (SSSR count). The SMILES string of the molecule is Cc1ccccc1NC(=O)Nc1ccc(CCN2CCN(c3nsc4ccccc34)CC2)cc1. The second-order valence-electron chi connectivity index (χ2n) is 8.67. The van der Waals surface area contributed by atoms with Crippen molar-refractivity contribution in [2.45, 2.75) is 13.3 Å². The van der Waals surface area contributed by atoms with Gasteiger partial charge in [-0.25, -0.2) is 4.79 Å². The smallest absolute Gasteiger partial charge is 0.323 e. The summed E-state index contributed by atoms with van der Waals surface area (Å²) in [6, 6.07) is 24.1. The van der Waals surface area contributed by atoms with Gasteiger partial charge in [-0.1, -0.05) is 42.5 Å². The molecular formula is C27H29N5OS. The summed E-state index contributed by atoms with van der Waals surface area (Å²) in [5.74, 6) is 1.13. The summed E-state index contributed by atoms with van der Waals surface area (Å²) >= 11 is 1.59. The van der Waals surface area contributed by atoms with Crippen LogP contribution in [0.25, 0.3) is 10.1 Å². The maximum atomic E-state index is 12.3. The minimum atomic E-state index is -0.229. The van der Waals surface area contributed by atoms with Crippen LogP contribution in [0, 0.1) is 6.92 Å². The van der Waals surface area contributed by atoms with Gasteiger partial charge in [0.25, 0.3) is 0 Å². The van der Waals surface area contributed by atoms with Crippen LogP contribution in [0.3, 0.4) is 0 Å². The normalized spacial score (nSPS) is 14.3. The van der Waals surface area contributed by atoms with E-state index in [1.807, 2.05) is 43.3 Å². The topological polar surface area (TPSA) is 60.5 Å². The lowest BCUT2D eigenvalue weighted by molar-refractivity contribution is 0.260. The number of benzene rings is 3. The zero-order valence-electron chi connectivity index (χ0n) is 19.3. The van der Waals surface area contributed by atoms with Crippen molar-refractivity contribution in [1.82, 2.24) is 9.27 Å². The van der Waals surface area contributed by atoms with Gasteiger partial charge in [0.1, 0.15) is 5.82 Å². The number of fused-ring (bicyclic) bond motifs is 1. The summed E-state index contributed by atoms with van der Waals surface area (Å²) in [6.45, 7) is 7.12. The number of hydrogen-bond acceptors (Lipinski definition) is 5. The van der Waals surface area contributed by atoms with E-state index in [1.54, 1.807) is 11.5 Å². The van der Waals surface area contributed by atoms with E-state index in [0.29, 0.717) is 0 Å². The molecule has 7 heteroatoms. The van der Waals surface area contributed by atoms with Crippen molar-refractivity contribution in [2.24, 2.45) is 0 Å². The molecule has 0 aliphatic carbocycles. The van der Waals surface area contributed by atoms with E-state index in [0.717, 1.165) is 61.9 Å². The number of aryl methyl sites for hydroxylation is 1. The average Bonchev–Trinajstić information content (AvgIpc) is 3.30. The Morgan fingerprint density at radius 3 is 2.44 bits per heavy atom. The molecule has 34 heavy (non-hydrogen) atoms. The second kappa shape index (κ2) is 10.2. The minimum Gasteiger partial charge on any atom is -0.353 e. The first kappa shape index (κ1) is 22.4. The van der Waals surface area contributed by atoms with Gasteiger partial charge < -0.3 is 15.5 Å². The van der Waals surface area contributed by atoms with Crippen LogP contribution in [-0.4, -0.2) is 48.0 Å². The van der Waals surface area contributed by atoms with Crippen molar-refractivity contribution >= 4 is 44.8 Å². The van der Waals surface area contributed by atoms with Gasteiger partial charge in [-0.15, -0.1) is 0 Å². The van der Waals surface area contributed by atoms with Gasteiger partial charge in [0.05, 0.1) is 4.70 Å². The predicted molar refractivity (Wildman–Crippen MR) is 142 cm³/mol. The monoisotopic (exact) mass is 471 g/mol. The maximum absolute atomic E-state index is 12.3. The number of para-hydroxylation sites is 1. The number of aromatic nitrogens is 1. The second-order valence-corrected chi connectivity index (χ2v) is 9.48. The van der Waals surface area contributed by atoms with E-state index < -0.39 is 0 Å². The minimum absolute atomic E-state index is 0.229. The molecule has 1 saturated heterocycles. The lowest BCUT2D eigenvalue weighted by Crippen LogP contribution is -2.47. The zero-order chi connectivity index (χ0) is 23.3. The highest BCUT2D eigenvalue weighted by Gasteiger charge is 2.20. The third-order valence-electron chi connectivity index (χ3n) is 6.35. The molecule has 2 amide bonds. The summed E-state index contributed by atoms with van der Waals surface area (Å²) in [5, 5.41) is 7.08.